The van der Waals surface area contributed by atoms with Gasteiger partial charge in [0.05, 0.1) is 16.0 Å². The van der Waals surface area contributed by atoms with E-state index in [-0.39, 0.29) is 5.02 Å². The summed E-state index contributed by atoms with van der Waals surface area (Å²) in [5.74, 6) is -2.21. The van der Waals surface area contributed by atoms with Crippen LogP contribution in [0.2, 0.25) is 10.0 Å². The van der Waals surface area contributed by atoms with Gasteiger partial charge in [0.2, 0.25) is 5.91 Å². The number of carbonyl (C=O) groups is 2. The highest BCUT2D eigenvalue weighted by molar-refractivity contribution is 7.90. The number of rotatable bonds is 5. The lowest BCUT2D eigenvalue weighted by Gasteiger charge is -2.28. The number of aromatic carboxylic acids is 1. The average molecular weight is 442 g/mol. The second-order valence-electron chi connectivity index (χ2n) is 6.55. The molecule has 1 atom stereocenters. The third-order valence-corrected chi connectivity index (χ3v) is 7.22. The molecule has 148 valence electrons. The van der Waals surface area contributed by atoms with Gasteiger partial charge in [0.1, 0.15) is 4.90 Å². The smallest absolute Gasteiger partial charge is 0.338 e. The number of hydrogen-bond donors (Lipinski definition) is 2. The van der Waals surface area contributed by atoms with Crippen LogP contribution in [0.1, 0.15) is 41.3 Å². The van der Waals surface area contributed by atoms with Gasteiger partial charge in [0.25, 0.3) is 10.0 Å². The molecule has 0 radical (unpaired) electrons. The molecule has 2 aromatic rings. The van der Waals surface area contributed by atoms with E-state index in [0.717, 1.165) is 11.6 Å². The van der Waals surface area contributed by atoms with Crippen molar-refractivity contribution in [2.24, 2.45) is 0 Å². The van der Waals surface area contributed by atoms with E-state index in [1.54, 1.807) is 25.1 Å². The van der Waals surface area contributed by atoms with Crippen molar-refractivity contribution in [1.29, 1.82) is 0 Å². The SMILES string of the molecule is CCC1(C(=O)NS(=O)(=O)c2cccc(Cl)c2C(=O)O)CCc2c(Cl)cccc21. The van der Waals surface area contributed by atoms with E-state index in [1.165, 1.54) is 12.1 Å². The number of nitrogens with one attached hydrogen (secondary N) is 1. The van der Waals surface area contributed by atoms with Crippen LogP contribution in [0.25, 0.3) is 0 Å². The maximum atomic E-state index is 13.1. The molecule has 0 aliphatic heterocycles. The van der Waals surface area contributed by atoms with Crippen LogP contribution >= 0.6 is 23.2 Å². The van der Waals surface area contributed by atoms with Crippen molar-refractivity contribution in [3.8, 4) is 0 Å². The second kappa shape index (κ2) is 7.39. The van der Waals surface area contributed by atoms with Crippen molar-refractivity contribution >= 4 is 45.1 Å². The summed E-state index contributed by atoms with van der Waals surface area (Å²) >= 11 is 12.1. The Balaban J connectivity index is 2.03. The molecule has 0 fully saturated rings. The van der Waals surface area contributed by atoms with Gasteiger partial charge in [0, 0.05) is 5.02 Å². The lowest BCUT2D eigenvalue weighted by molar-refractivity contribution is -0.125. The second-order valence-corrected chi connectivity index (χ2v) is 9.02. The minimum absolute atomic E-state index is 0.231. The standard InChI is InChI=1S/C19H17Cl2NO5S/c1-2-19(10-9-11-12(19)5-3-6-13(11)20)18(25)22-28(26,27)15-8-4-7-14(21)16(15)17(23)24/h3-8H,2,9-10H2,1H3,(H,22,25)(H,23,24). The van der Waals surface area contributed by atoms with E-state index >= 15 is 0 Å². The first kappa shape index (κ1) is 20.6. The molecule has 3 rings (SSSR count). The van der Waals surface area contributed by atoms with Crippen LogP contribution < -0.4 is 4.72 Å². The lowest BCUT2D eigenvalue weighted by atomic mass is 9.79. The maximum Gasteiger partial charge on any atom is 0.338 e. The third kappa shape index (κ3) is 3.27. The molecule has 0 aromatic heterocycles. The van der Waals surface area contributed by atoms with Crippen LogP contribution in [0.5, 0.6) is 0 Å². The molecule has 0 heterocycles. The zero-order valence-electron chi connectivity index (χ0n) is 14.8. The summed E-state index contributed by atoms with van der Waals surface area (Å²) < 4.78 is 27.7. The van der Waals surface area contributed by atoms with Gasteiger partial charge in [-0.05, 0) is 48.6 Å². The van der Waals surface area contributed by atoms with Gasteiger partial charge >= 0.3 is 5.97 Å². The minimum Gasteiger partial charge on any atom is -0.478 e. The molecular formula is C19H17Cl2NO5S. The molecule has 1 aliphatic carbocycles. The summed E-state index contributed by atoms with van der Waals surface area (Å²) in [6.45, 7) is 1.80. The summed E-state index contributed by atoms with van der Waals surface area (Å²) in [5, 5.41) is 9.64. The van der Waals surface area contributed by atoms with Crippen LogP contribution in [0.4, 0.5) is 0 Å². The van der Waals surface area contributed by atoms with Crippen molar-refractivity contribution in [3.63, 3.8) is 0 Å². The Bertz CT molecular complexity index is 1080. The zero-order valence-corrected chi connectivity index (χ0v) is 17.2. The number of carbonyl (C=O) groups excluding carboxylic acids is 1. The van der Waals surface area contributed by atoms with Gasteiger partial charge in [-0.3, -0.25) is 4.79 Å². The lowest BCUT2D eigenvalue weighted by Crippen LogP contribution is -2.45. The molecule has 0 spiro atoms. The third-order valence-electron chi connectivity index (χ3n) is 5.18. The van der Waals surface area contributed by atoms with Crippen molar-refractivity contribution in [2.75, 3.05) is 0 Å². The van der Waals surface area contributed by atoms with E-state index in [0.29, 0.717) is 29.8 Å². The number of fused-ring (bicyclic) bond motifs is 1. The molecule has 28 heavy (non-hydrogen) atoms. The molecule has 1 unspecified atom stereocenters. The minimum atomic E-state index is -4.45. The molecule has 9 heteroatoms. The summed E-state index contributed by atoms with van der Waals surface area (Å²) in [4.78, 5) is 24.0. The van der Waals surface area contributed by atoms with Gasteiger partial charge in [-0.15, -0.1) is 0 Å². The Morgan fingerprint density at radius 2 is 1.79 bits per heavy atom. The summed E-state index contributed by atoms with van der Waals surface area (Å²) in [6.07, 6.45) is 1.32. The van der Waals surface area contributed by atoms with Gasteiger partial charge < -0.3 is 5.11 Å². The number of benzene rings is 2. The monoisotopic (exact) mass is 441 g/mol. The number of hydrogen-bond acceptors (Lipinski definition) is 4. The summed E-state index contributed by atoms with van der Waals surface area (Å²) in [6, 6.07) is 8.90. The Labute approximate surface area is 172 Å². The van der Waals surface area contributed by atoms with E-state index < -0.39 is 37.8 Å². The van der Waals surface area contributed by atoms with E-state index in [2.05, 4.69) is 4.72 Å². The molecule has 0 bridgehead atoms. The number of amides is 1. The van der Waals surface area contributed by atoms with Crippen molar-refractivity contribution in [2.45, 2.75) is 36.5 Å². The molecule has 1 amide bonds. The fourth-order valence-electron chi connectivity index (χ4n) is 3.71. The van der Waals surface area contributed by atoms with E-state index in [1.807, 2.05) is 0 Å². The van der Waals surface area contributed by atoms with Crippen molar-refractivity contribution in [1.82, 2.24) is 4.72 Å². The first-order valence-corrected chi connectivity index (χ1v) is 10.7. The van der Waals surface area contributed by atoms with Crippen LogP contribution in [-0.2, 0) is 26.7 Å². The Kier molecular flexibility index (Phi) is 5.44. The first-order chi connectivity index (χ1) is 13.1. The highest BCUT2D eigenvalue weighted by Crippen LogP contribution is 2.44. The van der Waals surface area contributed by atoms with Gasteiger partial charge in [-0.2, -0.15) is 0 Å². The maximum absolute atomic E-state index is 13.1. The van der Waals surface area contributed by atoms with Gasteiger partial charge in [-0.1, -0.05) is 48.3 Å². The van der Waals surface area contributed by atoms with E-state index in [9.17, 15) is 23.1 Å². The molecule has 6 nitrogen and oxygen atoms in total. The highest BCUT2D eigenvalue weighted by Gasteiger charge is 2.46. The predicted molar refractivity (Wildman–Crippen MR) is 105 cm³/mol. The van der Waals surface area contributed by atoms with E-state index in [4.69, 9.17) is 23.2 Å². The summed E-state index contributed by atoms with van der Waals surface area (Å²) in [7, 11) is -4.45. The predicted octanol–water partition coefficient (Wildman–Crippen LogP) is 3.79. The number of halogens is 2. The molecule has 0 saturated heterocycles. The largest absolute Gasteiger partial charge is 0.478 e. The van der Waals surface area contributed by atoms with Gasteiger partial charge in [0.15, 0.2) is 0 Å². The molecule has 2 aromatic carbocycles. The summed E-state index contributed by atoms with van der Waals surface area (Å²) in [5.41, 5.74) is -0.118. The molecular weight excluding hydrogens is 425 g/mol. The zero-order chi connectivity index (χ0) is 20.7. The number of carboxylic acids is 1. The molecule has 0 saturated carbocycles. The van der Waals surface area contributed by atoms with Gasteiger partial charge in [-0.25, -0.2) is 17.9 Å². The Hall–Kier alpha value is -2.09. The average Bonchev–Trinajstić information content (AvgIpc) is 3.02. The quantitative estimate of drug-likeness (QED) is 0.734. The topological polar surface area (TPSA) is 101 Å². The van der Waals surface area contributed by atoms with Crippen LogP contribution in [0.3, 0.4) is 0 Å². The van der Waals surface area contributed by atoms with Crippen molar-refractivity contribution < 1.29 is 23.1 Å². The normalized spacial score (nSPS) is 18.5. The highest BCUT2D eigenvalue weighted by atomic mass is 35.5. The van der Waals surface area contributed by atoms with Crippen LogP contribution in [0.15, 0.2) is 41.3 Å². The Morgan fingerprint density at radius 3 is 2.43 bits per heavy atom. The molecule has 1 aliphatic rings. The number of carboxylic acid groups (broad SMARTS) is 1. The van der Waals surface area contributed by atoms with Crippen molar-refractivity contribution in [3.05, 3.63) is 63.1 Å². The Morgan fingerprint density at radius 1 is 1.14 bits per heavy atom. The van der Waals surface area contributed by atoms with Crippen LogP contribution in [-0.4, -0.2) is 25.4 Å². The number of sulfonamides is 1. The first-order valence-electron chi connectivity index (χ1n) is 8.51. The van der Waals surface area contributed by atoms with Crippen LogP contribution in [0, 0.1) is 0 Å². The fourth-order valence-corrected chi connectivity index (χ4v) is 5.56. The fraction of sp³-hybridized carbons (Fsp3) is 0.263. The molecule has 2 N–H and O–H groups in total.